The van der Waals surface area contributed by atoms with Crippen LogP contribution in [0.15, 0.2) is 18.2 Å². The molecule has 0 aromatic heterocycles. The molecule has 0 saturated carbocycles. The summed E-state index contributed by atoms with van der Waals surface area (Å²) >= 11 is 0. The van der Waals surface area contributed by atoms with Crippen LogP contribution in [-0.2, 0) is 0 Å². The van der Waals surface area contributed by atoms with E-state index in [1.807, 2.05) is 6.07 Å². The minimum atomic E-state index is -0.520. The number of amides is 1. The first kappa shape index (κ1) is 12.2. The van der Waals surface area contributed by atoms with Crippen LogP contribution in [0.4, 0.5) is 4.39 Å². The Kier molecular flexibility index (Phi) is 4.01. The summed E-state index contributed by atoms with van der Waals surface area (Å²) in [5, 5.41) is 8.40. The Balaban J connectivity index is 2.84. The fourth-order valence-corrected chi connectivity index (χ4v) is 1.32. The zero-order valence-corrected chi connectivity index (χ0v) is 9.33. The van der Waals surface area contributed by atoms with E-state index >= 15 is 0 Å². The Bertz CT molecular complexity index is 437. The second kappa shape index (κ2) is 5.26. The van der Waals surface area contributed by atoms with Crippen LogP contribution in [0, 0.1) is 24.1 Å². The van der Waals surface area contributed by atoms with Gasteiger partial charge in [-0.05, 0) is 24.6 Å². The zero-order valence-electron chi connectivity index (χ0n) is 9.33. The Morgan fingerprint density at radius 1 is 1.56 bits per heavy atom. The number of nitriles is 1. The van der Waals surface area contributed by atoms with Gasteiger partial charge in [0, 0.05) is 13.6 Å². The number of benzene rings is 1. The SMILES string of the molecule is Cc1ccc(C(=O)N(C)CCC#N)c(F)c1. The second-order valence-electron chi connectivity index (χ2n) is 3.62. The molecule has 0 aliphatic carbocycles. The first-order chi connectivity index (χ1) is 7.56. The lowest BCUT2D eigenvalue weighted by Crippen LogP contribution is -2.28. The Labute approximate surface area is 94.1 Å². The van der Waals surface area contributed by atoms with Gasteiger partial charge in [-0.25, -0.2) is 4.39 Å². The molecule has 1 rings (SSSR count). The van der Waals surface area contributed by atoms with Crippen molar-refractivity contribution in [3.63, 3.8) is 0 Å². The average Bonchev–Trinajstić information content (AvgIpc) is 2.25. The Morgan fingerprint density at radius 2 is 2.25 bits per heavy atom. The van der Waals surface area contributed by atoms with Crippen molar-refractivity contribution in [2.24, 2.45) is 0 Å². The normalized spacial score (nSPS) is 9.62. The van der Waals surface area contributed by atoms with Crippen LogP contribution in [-0.4, -0.2) is 24.4 Å². The van der Waals surface area contributed by atoms with E-state index in [9.17, 15) is 9.18 Å². The molecule has 0 fully saturated rings. The summed E-state index contributed by atoms with van der Waals surface area (Å²) in [4.78, 5) is 13.1. The molecule has 0 saturated heterocycles. The van der Waals surface area contributed by atoms with Gasteiger partial charge in [-0.1, -0.05) is 6.07 Å². The van der Waals surface area contributed by atoms with E-state index in [4.69, 9.17) is 5.26 Å². The molecule has 0 atom stereocenters. The molecule has 3 nitrogen and oxygen atoms in total. The molecular formula is C12H13FN2O. The monoisotopic (exact) mass is 220 g/mol. The average molecular weight is 220 g/mol. The summed E-state index contributed by atoms with van der Waals surface area (Å²) in [5.41, 5.74) is 0.819. The highest BCUT2D eigenvalue weighted by Crippen LogP contribution is 2.12. The van der Waals surface area contributed by atoms with Crippen molar-refractivity contribution < 1.29 is 9.18 Å². The number of hydrogen-bond acceptors (Lipinski definition) is 2. The zero-order chi connectivity index (χ0) is 12.1. The molecule has 0 bridgehead atoms. The van der Waals surface area contributed by atoms with Gasteiger partial charge in [-0.2, -0.15) is 5.26 Å². The van der Waals surface area contributed by atoms with Gasteiger partial charge in [-0.3, -0.25) is 4.79 Å². The number of nitrogens with zero attached hydrogens (tertiary/aromatic N) is 2. The minimum Gasteiger partial charge on any atom is -0.341 e. The molecule has 0 radical (unpaired) electrons. The first-order valence-corrected chi connectivity index (χ1v) is 4.95. The third-order valence-electron chi connectivity index (χ3n) is 2.26. The number of halogens is 1. The molecule has 84 valence electrons. The topological polar surface area (TPSA) is 44.1 Å². The van der Waals surface area contributed by atoms with Crippen molar-refractivity contribution in [2.45, 2.75) is 13.3 Å². The van der Waals surface area contributed by atoms with E-state index in [0.29, 0.717) is 6.54 Å². The smallest absolute Gasteiger partial charge is 0.256 e. The highest BCUT2D eigenvalue weighted by atomic mass is 19.1. The predicted octanol–water partition coefficient (Wildman–Crippen LogP) is 2.12. The summed E-state index contributed by atoms with van der Waals surface area (Å²) < 4.78 is 13.5. The van der Waals surface area contributed by atoms with E-state index in [1.54, 1.807) is 20.0 Å². The number of rotatable bonds is 3. The van der Waals surface area contributed by atoms with Gasteiger partial charge in [0.15, 0.2) is 0 Å². The molecule has 1 aromatic carbocycles. The van der Waals surface area contributed by atoms with Crippen LogP contribution >= 0.6 is 0 Å². The third-order valence-corrected chi connectivity index (χ3v) is 2.26. The summed E-state index contributed by atoms with van der Waals surface area (Å²) in [6.07, 6.45) is 0.246. The molecular weight excluding hydrogens is 207 g/mol. The molecule has 16 heavy (non-hydrogen) atoms. The summed E-state index contributed by atoms with van der Waals surface area (Å²) in [7, 11) is 1.55. The standard InChI is InChI=1S/C12H13FN2O/c1-9-4-5-10(11(13)8-9)12(16)15(2)7-3-6-14/h4-5,8H,3,7H2,1-2H3. The molecule has 1 aromatic rings. The largest absolute Gasteiger partial charge is 0.341 e. The highest BCUT2D eigenvalue weighted by molar-refractivity contribution is 5.94. The van der Waals surface area contributed by atoms with Crippen molar-refractivity contribution in [2.75, 3.05) is 13.6 Å². The van der Waals surface area contributed by atoms with Gasteiger partial charge in [-0.15, -0.1) is 0 Å². The van der Waals surface area contributed by atoms with Crippen molar-refractivity contribution in [1.29, 1.82) is 5.26 Å². The maximum absolute atomic E-state index is 13.5. The van der Waals surface area contributed by atoms with Crippen molar-refractivity contribution in [1.82, 2.24) is 4.90 Å². The molecule has 0 N–H and O–H groups in total. The third kappa shape index (κ3) is 2.80. The number of carbonyl (C=O) groups excluding carboxylic acids is 1. The molecule has 1 amide bonds. The lowest BCUT2D eigenvalue weighted by atomic mass is 10.1. The lowest BCUT2D eigenvalue weighted by molar-refractivity contribution is 0.0793. The van der Waals surface area contributed by atoms with Gasteiger partial charge < -0.3 is 4.90 Å². The summed E-state index contributed by atoms with van der Waals surface area (Å²) in [6.45, 7) is 2.07. The van der Waals surface area contributed by atoms with Crippen LogP contribution in [0.25, 0.3) is 0 Å². The van der Waals surface area contributed by atoms with Crippen LogP contribution in [0.3, 0.4) is 0 Å². The maximum atomic E-state index is 13.5. The molecule has 0 aliphatic rings. The molecule has 4 heteroatoms. The lowest BCUT2D eigenvalue weighted by Gasteiger charge is -2.15. The fourth-order valence-electron chi connectivity index (χ4n) is 1.32. The number of carbonyl (C=O) groups is 1. The van der Waals surface area contributed by atoms with E-state index in [1.165, 1.54) is 17.0 Å². The van der Waals surface area contributed by atoms with Gasteiger partial charge in [0.05, 0.1) is 18.1 Å². The number of hydrogen-bond donors (Lipinski definition) is 0. The molecule has 0 heterocycles. The van der Waals surface area contributed by atoms with Crippen LogP contribution in [0.5, 0.6) is 0 Å². The molecule has 0 aliphatic heterocycles. The Morgan fingerprint density at radius 3 is 2.81 bits per heavy atom. The predicted molar refractivity (Wildman–Crippen MR) is 58.3 cm³/mol. The highest BCUT2D eigenvalue weighted by Gasteiger charge is 2.15. The second-order valence-corrected chi connectivity index (χ2v) is 3.62. The fraction of sp³-hybridized carbons (Fsp3) is 0.333. The summed E-state index contributed by atoms with van der Waals surface area (Å²) in [5.74, 6) is -0.915. The van der Waals surface area contributed by atoms with Crippen LogP contribution < -0.4 is 0 Å². The van der Waals surface area contributed by atoms with Crippen molar-refractivity contribution >= 4 is 5.91 Å². The van der Waals surface area contributed by atoms with E-state index in [-0.39, 0.29) is 12.0 Å². The van der Waals surface area contributed by atoms with Crippen LogP contribution in [0.1, 0.15) is 22.3 Å². The van der Waals surface area contributed by atoms with E-state index in [0.717, 1.165) is 5.56 Å². The molecule has 0 unspecified atom stereocenters. The molecule has 0 spiro atoms. The van der Waals surface area contributed by atoms with Crippen molar-refractivity contribution in [3.8, 4) is 6.07 Å². The van der Waals surface area contributed by atoms with E-state index in [2.05, 4.69) is 0 Å². The maximum Gasteiger partial charge on any atom is 0.256 e. The number of aryl methyl sites for hydroxylation is 1. The van der Waals surface area contributed by atoms with Gasteiger partial charge in [0.2, 0.25) is 0 Å². The summed E-state index contributed by atoms with van der Waals surface area (Å²) in [6, 6.07) is 6.42. The van der Waals surface area contributed by atoms with E-state index < -0.39 is 11.7 Å². The van der Waals surface area contributed by atoms with Crippen LogP contribution in [0.2, 0.25) is 0 Å². The quantitative estimate of drug-likeness (QED) is 0.783. The minimum absolute atomic E-state index is 0.0473. The van der Waals surface area contributed by atoms with Gasteiger partial charge in [0.1, 0.15) is 5.82 Å². The first-order valence-electron chi connectivity index (χ1n) is 4.95. The van der Waals surface area contributed by atoms with Gasteiger partial charge >= 0.3 is 0 Å². The van der Waals surface area contributed by atoms with Gasteiger partial charge in [0.25, 0.3) is 5.91 Å². The Hall–Kier alpha value is -1.89. The van der Waals surface area contributed by atoms with Crippen molar-refractivity contribution in [3.05, 3.63) is 35.1 Å².